The van der Waals surface area contributed by atoms with E-state index in [9.17, 15) is 4.79 Å². The largest absolute Gasteiger partial charge is 0.314 e. The summed E-state index contributed by atoms with van der Waals surface area (Å²) < 4.78 is 1.82. The van der Waals surface area contributed by atoms with Gasteiger partial charge in [0.05, 0.1) is 11.9 Å². The molecule has 0 aliphatic heterocycles. The zero-order valence-corrected chi connectivity index (χ0v) is 19.7. The molecule has 0 atom stereocenters. The summed E-state index contributed by atoms with van der Waals surface area (Å²) in [6, 6.07) is 18.4. The number of nitrogens with one attached hydrogen (secondary N) is 1. The van der Waals surface area contributed by atoms with Crippen LogP contribution < -0.4 is 5.32 Å². The first-order chi connectivity index (χ1) is 15.5. The van der Waals surface area contributed by atoms with Crippen LogP contribution in [0.2, 0.25) is 0 Å². The van der Waals surface area contributed by atoms with Gasteiger partial charge in [0.15, 0.2) is 0 Å². The van der Waals surface area contributed by atoms with Gasteiger partial charge < -0.3 is 5.32 Å². The first kappa shape index (κ1) is 23.4. The molecule has 5 nitrogen and oxygen atoms in total. The van der Waals surface area contributed by atoms with E-state index in [0.29, 0.717) is 0 Å². The molecule has 164 valence electrons. The standard InChI is InChI=1S/C17H18N4.C9H10OS/c1-18-11-17-9-15(6-7-19-17)13-4-3-5-14(8-13)16-10-20-21(2)12-16;1-7-3-4-8(6-10)5-9(7)11-2/h3-10,12,18H,11H2,1-2H3;3-6H,1-2H3. The Balaban J connectivity index is 0.000000222. The Morgan fingerprint density at radius 2 is 1.78 bits per heavy atom. The van der Waals surface area contributed by atoms with Crippen molar-refractivity contribution < 1.29 is 4.79 Å². The maximum absolute atomic E-state index is 10.4. The molecule has 0 radical (unpaired) electrons. The van der Waals surface area contributed by atoms with Crippen molar-refractivity contribution in [1.82, 2.24) is 20.1 Å². The average Bonchev–Trinajstić information content (AvgIpc) is 3.27. The maximum Gasteiger partial charge on any atom is 0.150 e. The monoisotopic (exact) mass is 444 g/mol. The number of benzene rings is 2. The summed E-state index contributed by atoms with van der Waals surface area (Å²) in [7, 11) is 3.86. The van der Waals surface area contributed by atoms with Gasteiger partial charge in [-0.1, -0.05) is 30.3 Å². The number of hydrogen-bond donors (Lipinski definition) is 1. The minimum absolute atomic E-state index is 0.750. The van der Waals surface area contributed by atoms with Crippen LogP contribution in [0, 0.1) is 6.92 Å². The minimum atomic E-state index is 0.750. The number of nitrogens with zero attached hydrogens (tertiary/aromatic N) is 3. The fourth-order valence-corrected chi connectivity index (χ4v) is 3.94. The number of thioether (sulfide) groups is 1. The summed E-state index contributed by atoms with van der Waals surface area (Å²) in [5.41, 5.74) is 7.69. The number of aldehydes is 1. The minimum Gasteiger partial charge on any atom is -0.314 e. The second-order valence-corrected chi connectivity index (χ2v) is 8.24. The summed E-state index contributed by atoms with van der Waals surface area (Å²) in [4.78, 5) is 15.9. The third-order valence-corrected chi connectivity index (χ3v) is 5.86. The number of aromatic nitrogens is 3. The molecule has 0 amide bonds. The molecule has 4 rings (SSSR count). The highest BCUT2D eigenvalue weighted by atomic mass is 32.2. The zero-order chi connectivity index (χ0) is 22.9. The van der Waals surface area contributed by atoms with E-state index in [1.54, 1.807) is 11.8 Å². The van der Waals surface area contributed by atoms with Crippen molar-refractivity contribution in [3.05, 3.63) is 90.0 Å². The molecule has 4 aromatic rings. The van der Waals surface area contributed by atoms with Gasteiger partial charge in [0, 0.05) is 42.0 Å². The number of carbonyl (C=O) groups excluding carboxylic acids is 1. The number of aryl methyl sites for hydroxylation is 2. The molecule has 0 fully saturated rings. The van der Waals surface area contributed by atoms with Crippen LogP contribution in [-0.4, -0.2) is 34.4 Å². The van der Waals surface area contributed by atoms with Crippen LogP contribution in [-0.2, 0) is 13.6 Å². The molecule has 2 aromatic carbocycles. The lowest BCUT2D eigenvalue weighted by atomic mass is 10.0. The first-order valence-corrected chi connectivity index (χ1v) is 11.6. The van der Waals surface area contributed by atoms with Crippen molar-refractivity contribution in [2.75, 3.05) is 13.3 Å². The SMILES string of the molecule is CNCc1cc(-c2cccc(-c3cnn(C)c3)c2)ccn1.CSc1cc(C=O)ccc1C. The van der Waals surface area contributed by atoms with Gasteiger partial charge in [0.1, 0.15) is 6.29 Å². The number of hydrogen-bond acceptors (Lipinski definition) is 5. The highest BCUT2D eigenvalue weighted by Gasteiger charge is 2.04. The Hall–Kier alpha value is -3.22. The van der Waals surface area contributed by atoms with E-state index in [4.69, 9.17) is 0 Å². The maximum atomic E-state index is 10.4. The van der Waals surface area contributed by atoms with Gasteiger partial charge in [-0.25, -0.2) is 0 Å². The van der Waals surface area contributed by atoms with Crippen LogP contribution in [0.3, 0.4) is 0 Å². The highest BCUT2D eigenvalue weighted by molar-refractivity contribution is 7.98. The Morgan fingerprint density at radius 1 is 1.03 bits per heavy atom. The Kier molecular flexibility index (Phi) is 8.36. The lowest BCUT2D eigenvalue weighted by Gasteiger charge is -2.06. The molecular formula is C26H28N4OS. The van der Waals surface area contributed by atoms with E-state index in [-0.39, 0.29) is 0 Å². The van der Waals surface area contributed by atoms with Gasteiger partial charge in [-0.15, -0.1) is 11.8 Å². The molecule has 0 unspecified atom stereocenters. The number of rotatable bonds is 6. The van der Waals surface area contributed by atoms with Crippen LogP contribution >= 0.6 is 11.8 Å². The molecule has 2 heterocycles. The smallest absolute Gasteiger partial charge is 0.150 e. The summed E-state index contributed by atoms with van der Waals surface area (Å²) in [6.07, 6.45) is 8.66. The van der Waals surface area contributed by atoms with E-state index in [2.05, 4.69) is 45.7 Å². The second kappa shape index (κ2) is 11.4. The topological polar surface area (TPSA) is 59.8 Å². The average molecular weight is 445 g/mol. The zero-order valence-electron chi connectivity index (χ0n) is 18.9. The van der Waals surface area contributed by atoms with Crippen molar-refractivity contribution in [3.63, 3.8) is 0 Å². The fourth-order valence-electron chi connectivity index (χ4n) is 3.29. The van der Waals surface area contributed by atoms with E-state index in [0.717, 1.165) is 29.7 Å². The van der Waals surface area contributed by atoms with Gasteiger partial charge in [-0.2, -0.15) is 5.10 Å². The Bertz CT molecular complexity index is 1190. The van der Waals surface area contributed by atoms with Gasteiger partial charge in [-0.05, 0) is 66.7 Å². The van der Waals surface area contributed by atoms with Crippen LogP contribution in [0.4, 0.5) is 0 Å². The quantitative estimate of drug-likeness (QED) is 0.319. The number of pyridine rings is 1. The predicted molar refractivity (Wildman–Crippen MR) is 133 cm³/mol. The van der Waals surface area contributed by atoms with Crippen molar-refractivity contribution >= 4 is 18.0 Å². The fraction of sp³-hybridized carbons (Fsp3) is 0.192. The first-order valence-electron chi connectivity index (χ1n) is 10.3. The van der Waals surface area contributed by atoms with E-state index in [1.165, 1.54) is 27.1 Å². The molecule has 32 heavy (non-hydrogen) atoms. The van der Waals surface area contributed by atoms with Crippen LogP contribution in [0.15, 0.2) is 78.1 Å². The summed E-state index contributed by atoms with van der Waals surface area (Å²) >= 11 is 1.67. The molecule has 0 saturated carbocycles. The van der Waals surface area contributed by atoms with Crippen molar-refractivity contribution in [3.8, 4) is 22.3 Å². The van der Waals surface area contributed by atoms with E-state index < -0.39 is 0 Å². The molecule has 1 N–H and O–H groups in total. The normalized spacial score (nSPS) is 10.4. The second-order valence-electron chi connectivity index (χ2n) is 7.40. The van der Waals surface area contributed by atoms with Gasteiger partial charge in [0.25, 0.3) is 0 Å². The third kappa shape index (κ3) is 6.15. The van der Waals surface area contributed by atoms with Crippen LogP contribution in [0.5, 0.6) is 0 Å². The van der Waals surface area contributed by atoms with E-state index >= 15 is 0 Å². The van der Waals surface area contributed by atoms with Gasteiger partial charge in [0.2, 0.25) is 0 Å². The molecule has 0 aliphatic rings. The molecule has 0 saturated heterocycles. The third-order valence-electron chi connectivity index (χ3n) is 4.98. The van der Waals surface area contributed by atoms with Crippen LogP contribution in [0.1, 0.15) is 21.6 Å². The highest BCUT2D eigenvalue weighted by Crippen LogP contribution is 2.26. The predicted octanol–water partition coefficient (Wildman–Crippen LogP) is 5.40. The van der Waals surface area contributed by atoms with Gasteiger partial charge in [-0.3, -0.25) is 14.5 Å². The summed E-state index contributed by atoms with van der Waals surface area (Å²) in [5, 5.41) is 7.36. The summed E-state index contributed by atoms with van der Waals surface area (Å²) in [6.45, 7) is 2.82. The molecular weight excluding hydrogens is 416 g/mol. The molecule has 0 aliphatic carbocycles. The van der Waals surface area contributed by atoms with Crippen molar-refractivity contribution in [2.24, 2.45) is 7.05 Å². The van der Waals surface area contributed by atoms with E-state index in [1.807, 2.05) is 74.8 Å². The van der Waals surface area contributed by atoms with Crippen molar-refractivity contribution in [2.45, 2.75) is 18.4 Å². The molecule has 0 spiro atoms. The van der Waals surface area contributed by atoms with Gasteiger partial charge >= 0.3 is 0 Å². The lowest BCUT2D eigenvalue weighted by molar-refractivity contribution is 0.112. The summed E-state index contributed by atoms with van der Waals surface area (Å²) in [5.74, 6) is 0. The Labute approximate surface area is 193 Å². The Morgan fingerprint density at radius 3 is 2.44 bits per heavy atom. The molecule has 6 heteroatoms. The molecule has 2 aromatic heterocycles. The number of carbonyl (C=O) groups is 1. The molecule has 0 bridgehead atoms. The lowest BCUT2D eigenvalue weighted by Crippen LogP contribution is -2.06. The van der Waals surface area contributed by atoms with Crippen LogP contribution in [0.25, 0.3) is 22.3 Å². The van der Waals surface area contributed by atoms with Crippen molar-refractivity contribution in [1.29, 1.82) is 0 Å².